The molecule has 0 N–H and O–H groups in total. The molecule has 0 spiro atoms. The first kappa shape index (κ1) is 19.0. The van der Waals surface area contributed by atoms with Gasteiger partial charge in [0, 0.05) is 0 Å². The molecule has 0 amide bonds. The molecule has 21 heavy (non-hydrogen) atoms. The summed E-state index contributed by atoms with van der Waals surface area (Å²) in [5.74, 6) is 2.87. The van der Waals surface area contributed by atoms with Gasteiger partial charge < -0.3 is 9.80 Å². The predicted molar refractivity (Wildman–Crippen MR) is 94.8 cm³/mol. The van der Waals surface area contributed by atoms with E-state index in [4.69, 9.17) is 0 Å². The molecule has 0 atom stereocenters. The number of piperidine rings is 2. The fourth-order valence-electron chi connectivity index (χ4n) is 3.54. The molecule has 0 radical (unpaired) electrons. The summed E-state index contributed by atoms with van der Waals surface area (Å²) < 4.78 is 0. The smallest absolute Gasteiger partial charge is 0.00161 e. The molecule has 2 aliphatic rings. The SMILES string of the molecule is CCCN1CCC(C)CC1.CCN1CCC(C(C)C)CC1. The molecule has 2 saturated heterocycles. The Hall–Kier alpha value is -0.0800. The quantitative estimate of drug-likeness (QED) is 0.753. The zero-order valence-electron chi connectivity index (χ0n) is 15.4. The van der Waals surface area contributed by atoms with Gasteiger partial charge in [0.25, 0.3) is 0 Å². The maximum Gasteiger partial charge on any atom is -0.00161 e. The zero-order valence-corrected chi connectivity index (χ0v) is 15.4. The van der Waals surface area contributed by atoms with Crippen LogP contribution in [0.4, 0.5) is 0 Å². The molecule has 2 heterocycles. The summed E-state index contributed by atoms with van der Waals surface area (Å²) in [7, 11) is 0. The van der Waals surface area contributed by atoms with E-state index in [1.807, 2.05) is 0 Å². The molecule has 2 aliphatic heterocycles. The van der Waals surface area contributed by atoms with Crippen LogP contribution in [0.5, 0.6) is 0 Å². The maximum absolute atomic E-state index is 2.58. The summed E-state index contributed by atoms with van der Waals surface area (Å²) in [6.45, 7) is 19.5. The Morgan fingerprint density at radius 2 is 1.38 bits per heavy atom. The lowest BCUT2D eigenvalue weighted by atomic mass is 9.87. The number of nitrogens with zero attached hydrogens (tertiary/aromatic N) is 2. The van der Waals surface area contributed by atoms with Crippen molar-refractivity contribution in [3.05, 3.63) is 0 Å². The summed E-state index contributed by atoms with van der Waals surface area (Å²) in [6.07, 6.45) is 6.99. The number of hydrogen-bond donors (Lipinski definition) is 0. The monoisotopic (exact) mass is 296 g/mol. The van der Waals surface area contributed by atoms with Gasteiger partial charge in [0.15, 0.2) is 0 Å². The third kappa shape index (κ3) is 7.65. The van der Waals surface area contributed by atoms with E-state index in [9.17, 15) is 0 Å². The molecule has 0 aromatic heterocycles. The van der Waals surface area contributed by atoms with E-state index in [-0.39, 0.29) is 0 Å². The highest BCUT2D eigenvalue weighted by Gasteiger charge is 2.19. The van der Waals surface area contributed by atoms with Crippen LogP contribution in [0.3, 0.4) is 0 Å². The van der Waals surface area contributed by atoms with E-state index in [0.29, 0.717) is 0 Å². The summed E-state index contributed by atoms with van der Waals surface area (Å²) in [5, 5.41) is 0. The molecule has 2 rings (SSSR count). The van der Waals surface area contributed by atoms with Crippen LogP contribution in [-0.4, -0.2) is 49.1 Å². The molecular weight excluding hydrogens is 256 g/mol. The first-order valence-electron chi connectivity index (χ1n) is 9.51. The lowest BCUT2D eigenvalue weighted by molar-refractivity contribution is 0.164. The van der Waals surface area contributed by atoms with Gasteiger partial charge in [-0.25, -0.2) is 0 Å². The second kappa shape index (κ2) is 10.6. The van der Waals surface area contributed by atoms with Crippen LogP contribution in [0.2, 0.25) is 0 Å². The average Bonchev–Trinajstić information content (AvgIpc) is 2.50. The Kier molecular flexibility index (Phi) is 9.59. The van der Waals surface area contributed by atoms with Crippen molar-refractivity contribution in [3.63, 3.8) is 0 Å². The van der Waals surface area contributed by atoms with E-state index < -0.39 is 0 Å². The van der Waals surface area contributed by atoms with E-state index in [2.05, 4.69) is 44.4 Å². The lowest BCUT2D eigenvalue weighted by Crippen LogP contribution is -2.34. The van der Waals surface area contributed by atoms with Gasteiger partial charge in [0.1, 0.15) is 0 Å². The first-order chi connectivity index (χ1) is 10.1. The molecule has 2 fully saturated rings. The highest BCUT2D eigenvalue weighted by atomic mass is 15.1. The molecule has 0 bridgehead atoms. The average molecular weight is 297 g/mol. The summed E-state index contributed by atoms with van der Waals surface area (Å²) in [4.78, 5) is 5.14. The summed E-state index contributed by atoms with van der Waals surface area (Å²) in [6, 6.07) is 0. The highest BCUT2D eigenvalue weighted by molar-refractivity contribution is 4.73. The third-order valence-electron chi connectivity index (χ3n) is 5.44. The van der Waals surface area contributed by atoms with Gasteiger partial charge in [-0.3, -0.25) is 0 Å². The van der Waals surface area contributed by atoms with Crippen molar-refractivity contribution in [2.24, 2.45) is 17.8 Å². The molecule has 0 saturated carbocycles. The van der Waals surface area contributed by atoms with E-state index in [1.165, 1.54) is 71.4 Å². The minimum atomic E-state index is 0.897. The molecule has 2 nitrogen and oxygen atoms in total. The van der Waals surface area contributed by atoms with Crippen LogP contribution in [0, 0.1) is 17.8 Å². The standard InChI is InChI=1S/C10H21N.C9H19N/c1-4-11-7-5-10(6-8-11)9(2)3;1-3-6-10-7-4-9(2)5-8-10/h9-10H,4-8H2,1-3H3;9H,3-8H2,1-2H3. The number of hydrogen-bond acceptors (Lipinski definition) is 2. The Morgan fingerprint density at radius 1 is 0.857 bits per heavy atom. The van der Waals surface area contributed by atoms with Crippen LogP contribution < -0.4 is 0 Å². The second-order valence-electron chi connectivity index (χ2n) is 7.54. The first-order valence-corrected chi connectivity index (χ1v) is 9.51. The van der Waals surface area contributed by atoms with Gasteiger partial charge in [0.2, 0.25) is 0 Å². The minimum absolute atomic E-state index is 0.897. The van der Waals surface area contributed by atoms with Crippen LogP contribution in [0.15, 0.2) is 0 Å². The van der Waals surface area contributed by atoms with Crippen molar-refractivity contribution in [1.82, 2.24) is 9.80 Å². The Morgan fingerprint density at radius 3 is 1.81 bits per heavy atom. The molecule has 0 unspecified atom stereocenters. The van der Waals surface area contributed by atoms with Gasteiger partial charge in [-0.15, -0.1) is 0 Å². The molecule has 0 aromatic rings. The van der Waals surface area contributed by atoms with E-state index in [0.717, 1.165) is 17.8 Å². The summed E-state index contributed by atoms with van der Waals surface area (Å²) in [5.41, 5.74) is 0. The fraction of sp³-hybridized carbons (Fsp3) is 1.00. The van der Waals surface area contributed by atoms with Gasteiger partial charge in [-0.2, -0.15) is 0 Å². The van der Waals surface area contributed by atoms with Gasteiger partial charge >= 0.3 is 0 Å². The predicted octanol–water partition coefficient (Wildman–Crippen LogP) is 4.50. The Labute approximate surface area is 134 Å². The van der Waals surface area contributed by atoms with Gasteiger partial charge in [0.05, 0.1) is 0 Å². The summed E-state index contributed by atoms with van der Waals surface area (Å²) >= 11 is 0. The van der Waals surface area contributed by atoms with Crippen molar-refractivity contribution in [2.75, 3.05) is 39.3 Å². The van der Waals surface area contributed by atoms with Crippen molar-refractivity contribution in [1.29, 1.82) is 0 Å². The van der Waals surface area contributed by atoms with E-state index in [1.54, 1.807) is 0 Å². The van der Waals surface area contributed by atoms with Crippen molar-refractivity contribution in [3.8, 4) is 0 Å². The van der Waals surface area contributed by atoms with Crippen LogP contribution >= 0.6 is 0 Å². The normalized spacial score (nSPS) is 23.1. The number of rotatable bonds is 4. The second-order valence-corrected chi connectivity index (χ2v) is 7.54. The molecule has 2 heteroatoms. The van der Waals surface area contributed by atoms with Crippen LogP contribution in [0.1, 0.15) is 66.7 Å². The number of likely N-dealkylation sites (tertiary alicyclic amines) is 2. The topological polar surface area (TPSA) is 6.48 Å². The molecule has 126 valence electrons. The minimum Gasteiger partial charge on any atom is -0.304 e. The Bertz CT molecular complexity index is 236. The van der Waals surface area contributed by atoms with Crippen molar-refractivity contribution >= 4 is 0 Å². The highest BCUT2D eigenvalue weighted by Crippen LogP contribution is 2.23. The van der Waals surface area contributed by atoms with E-state index >= 15 is 0 Å². The zero-order chi connectivity index (χ0) is 15.7. The van der Waals surface area contributed by atoms with Gasteiger partial charge in [-0.1, -0.05) is 34.6 Å². The van der Waals surface area contributed by atoms with Crippen molar-refractivity contribution in [2.45, 2.75) is 66.7 Å². The molecule has 0 aliphatic carbocycles. The molecule has 0 aromatic carbocycles. The van der Waals surface area contributed by atoms with Crippen LogP contribution in [0.25, 0.3) is 0 Å². The Balaban J connectivity index is 0.000000211. The largest absolute Gasteiger partial charge is 0.304 e. The maximum atomic E-state index is 2.58. The fourth-order valence-corrected chi connectivity index (χ4v) is 3.54. The molecular formula is C19H40N2. The lowest BCUT2D eigenvalue weighted by Gasteiger charge is -2.32. The third-order valence-corrected chi connectivity index (χ3v) is 5.44. The van der Waals surface area contributed by atoms with Crippen LogP contribution in [-0.2, 0) is 0 Å². The van der Waals surface area contributed by atoms with Gasteiger partial charge in [-0.05, 0) is 89.1 Å². The van der Waals surface area contributed by atoms with Crippen molar-refractivity contribution < 1.29 is 0 Å².